The van der Waals surface area contributed by atoms with E-state index < -0.39 is 11.9 Å². The van der Waals surface area contributed by atoms with Gasteiger partial charge in [-0.2, -0.15) is 5.10 Å². The minimum Gasteiger partial charge on any atom is -0.361 e. The maximum absolute atomic E-state index is 15.0. The molecular formula is C20H17ClFN5O. The van der Waals surface area contributed by atoms with Crippen molar-refractivity contribution >= 4 is 28.3 Å². The molecule has 4 aromatic rings. The van der Waals surface area contributed by atoms with Gasteiger partial charge >= 0.3 is 0 Å². The number of anilines is 1. The second-order valence-corrected chi connectivity index (χ2v) is 6.95. The van der Waals surface area contributed by atoms with Gasteiger partial charge in [-0.15, -0.1) is 0 Å². The van der Waals surface area contributed by atoms with Gasteiger partial charge in [-0.05, 0) is 43.3 Å². The Morgan fingerprint density at radius 3 is 2.79 bits per heavy atom. The largest absolute Gasteiger partial charge is 0.361 e. The molecule has 142 valence electrons. The second kappa shape index (κ2) is 7.09. The molecule has 3 heterocycles. The average Bonchev–Trinajstić information content (AvgIpc) is 3.09. The Hall–Kier alpha value is -3.19. The van der Waals surface area contributed by atoms with E-state index in [-0.39, 0.29) is 11.4 Å². The SMILES string of the molecule is CC(Nc1nccc(-c2ccnn2C)c1F)c1cc2cc(Cl)ccc2[nH]c1=O. The number of halogens is 2. The van der Waals surface area contributed by atoms with Gasteiger partial charge in [-0.1, -0.05) is 11.6 Å². The Kier molecular flexibility index (Phi) is 4.60. The Morgan fingerprint density at radius 1 is 1.21 bits per heavy atom. The first kappa shape index (κ1) is 18.2. The molecule has 0 fully saturated rings. The zero-order valence-electron chi connectivity index (χ0n) is 15.2. The van der Waals surface area contributed by atoms with Gasteiger partial charge in [-0.3, -0.25) is 9.48 Å². The molecule has 3 aromatic heterocycles. The molecule has 8 heteroatoms. The lowest BCUT2D eigenvalue weighted by Gasteiger charge is -2.16. The molecule has 1 atom stereocenters. The molecule has 2 N–H and O–H groups in total. The molecule has 0 radical (unpaired) electrons. The van der Waals surface area contributed by atoms with Crippen LogP contribution in [0.4, 0.5) is 10.2 Å². The quantitative estimate of drug-likeness (QED) is 0.538. The molecule has 0 spiro atoms. The first-order valence-corrected chi connectivity index (χ1v) is 9.03. The highest BCUT2D eigenvalue weighted by Gasteiger charge is 2.18. The van der Waals surface area contributed by atoms with Crippen molar-refractivity contribution in [1.29, 1.82) is 0 Å². The van der Waals surface area contributed by atoms with Gasteiger partial charge in [-0.25, -0.2) is 9.37 Å². The van der Waals surface area contributed by atoms with Crippen LogP contribution in [0.2, 0.25) is 5.02 Å². The maximum Gasteiger partial charge on any atom is 0.253 e. The number of rotatable bonds is 4. The number of nitrogens with one attached hydrogen (secondary N) is 2. The predicted octanol–water partition coefficient (Wildman–Crippen LogP) is 4.29. The summed E-state index contributed by atoms with van der Waals surface area (Å²) in [4.78, 5) is 19.4. The molecule has 0 bridgehead atoms. The molecule has 4 rings (SSSR count). The van der Waals surface area contributed by atoms with Gasteiger partial charge in [0.1, 0.15) is 0 Å². The van der Waals surface area contributed by atoms with Gasteiger partial charge in [0.2, 0.25) is 0 Å². The number of benzene rings is 1. The van der Waals surface area contributed by atoms with Crippen molar-refractivity contribution in [1.82, 2.24) is 19.7 Å². The van der Waals surface area contributed by atoms with Crippen LogP contribution in [0.5, 0.6) is 0 Å². The summed E-state index contributed by atoms with van der Waals surface area (Å²) in [6.07, 6.45) is 3.12. The molecule has 0 saturated carbocycles. The van der Waals surface area contributed by atoms with Crippen molar-refractivity contribution in [3.8, 4) is 11.3 Å². The summed E-state index contributed by atoms with van der Waals surface area (Å²) in [5.41, 5.74) is 1.91. The van der Waals surface area contributed by atoms with Crippen molar-refractivity contribution in [3.63, 3.8) is 0 Å². The van der Waals surface area contributed by atoms with Gasteiger partial charge in [0.25, 0.3) is 5.56 Å². The van der Waals surface area contributed by atoms with Crippen LogP contribution < -0.4 is 10.9 Å². The summed E-state index contributed by atoms with van der Waals surface area (Å²) in [5, 5.41) is 8.44. The number of aryl methyl sites for hydroxylation is 1. The lowest BCUT2D eigenvalue weighted by atomic mass is 10.1. The van der Waals surface area contributed by atoms with E-state index in [0.29, 0.717) is 27.4 Å². The van der Waals surface area contributed by atoms with Crippen molar-refractivity contribution in [2.45, 2.75) is 13.0 Å². The number of aromatic nitrogens is 4. The summed E-state index contributed by atoms with van der Waals surface area (Å²) < 4.78 is 16.6. The Morgan fingerprint density at radius 2 is 2.04 bits per heavy atom. The van der Waals surface area contributed by atoms with E-state index in [9.17, 15) is 4.79 Å². The Bertz CT molecular complexity index is 1230. The third kappa shape index (κ3) is 3.25. The number of aromatic amines is 1. The first-order chi connectivity index (χ1) is 13.4. The molecule has 0 aliphatic carbocycles. The van der Waals surface area contributed by atoms with Crippen molar-refractivity contribution in [2.75, 3.05) is 5.32 Å². The minimum atomic E-state index is -0.502. The van der Waals surface area contributed by atoms with Crippen molar-refractivity contribution in [3.05, 3.63) is 75.5 Å². The molecule has 0 saturated heterocycles. The molecule has 0 aliphatic heterocycles. The van der Waals surface area contributed by atoms with E-state index in [4.69, 9.17) is 11.6 Å². The van der Waals surface area contributed by atoms with Crippen LogP contribution in [-0.2, 0) is 7.05 Å². The van der Waals surface area contributed by atoms with E-state index in [1.807, 2.05) is 0 Å². The fourth-order valence-corrected chi connectivity index (χ4v) is 3.36. The normalized spacial score (nSPS) is 12.3. The van der Waals surface area contributed by atoms with Gasteiger partial charge < -0.3 is 10.3 Å². The monoisotopic (exact) mass is 397 g/mol. The van der Waals surface area contributed by atoms with Crippen LogP contribution in [0.1, 0.15) is 18.5 Å². The molecule has 28 heavy (non-hydrogen) atoms. The standard InChI is InChI=1S/C20H17ClFN5O/c1-11(15-10-12-9-13(21)3-4-16(12)26-20(15)28)25-19-18(22)14(5-7-23-19)17-6-8-24-27(17)2/h3-11H,1-2H3,(H,23,25)(H,26,28). The predicted molar refractivity (Wildman–Crippen MR) is 108 cm³/mol. The maximum atomic E-state index is 15.0. The van der Waals surface area contributed by atoms with Crippen LogP contribution in [0, 0.1) is 5.82 Å². The molecule has 0 amide bonds. The number of hydrogen-bond donors (Lipinski definition) is 2. The summed E-state index contributed by atoms with van der Waals surface area (Å²) in [6.45, 7) is 1.78. The minimum absolute atomic E-state index is 0.0665. The van der Waals surface area contributed by atoms with E-state index in [2.05, 4.69) is 20.4 Å². The molecule has 0 aliphatic rings. The molecule has 6 nitrogen and oxygen atoms in total. The smallest absolute Gasteiger partial charge is 0.253 e. The van der Waals surface area contributed by atoms with Gasteiger partial charge in [0, 0.05) is 46.5 Å². The van der Waals surface area contributed by atoms with Crippen LogP contribution in [-0.4, -0.2) is 19.7 Å². The van der Waals surface area contributed by atoms with Gasteiger partial charge in [0.05, 0.1) is 11.7 Å². The number of H-pyrrole nitrogens is 1. The number of fused-ring (bicyclic) bond motifs is 1. The number of hydrogen-bond acceptors (Lipinski definition) is 4. The molecular weight excluding hydrogens is 381 g/mol. The fraction of sp³-hybridized carbons (Fsp3) is 0.150. The zero-order valence-corrected chi connectivity index (χ0v) is 16.0. The van der Waals surface area contributed by atoms with Crippen LogP contribution in [0.15, 0.2) is 53.6 Å². The lowest BCUT2D eigenvalue weighted by molar-refractivity contribution is 0.621. The Balaban J connectivity index is 1.70. The fourth-order valence-electron chi connectivity index (χ4n) is 3.18. The summed E-state index contributed by atoms with van der Waals surface area (Å²) in [7, 11) is 1.74. The highest BCUT2D eigenvalue weighted by Crippen LogP contribution is 2.28. The zero-order chi connectivity index (χ0) is 19.8. The third-order valence-corrected chi connectivity index (χ3v) is 4.88. The van der Waals surface area contributed by atoms with E-state index >= 15 is 4.39 Å². The lowest BCUT2D eigenvalue weighted by Crippen LogP contribution is -2.20. The topological polar surface area (TPSA) is 75.6 Å². The summed E-state index contributed by atoms with van der Waals surface area (Å²) in [5.74, 6) is -0.435. The van der Waals surface area contributed by atoms with E-state index in [0.717, 1.165) is 5.39 Å². The molecule has 1 aromatic carbocycles. The van der Waals surface area contributed by atoms with Gasteiger partial charge in [0.15, 0.2) is 11.6 Å². The highest BCUT2D eigenvalue weighted by atomic mass is 35.5. The second-order valence-electron chi connectivity index (χ2n) is 6.51. The summed E-state index contributed by atoms with van der Waals surface area (Å²) in [6, 6.07) is 9.82. The van der Waals surface area contributed by atoms with E-state index in [1.165, 1.54) is 6.20 Å². The number of pyridine rings is 2. The Labute approximate surface area is 165 Å². The molecule has 1 unspecified atom stereocenters. The average molecular weight is 398 g/mol. The van der Waals surface area contributed by atoms with Crippen molar-refractivity contribution < 1.29 is 4.39 Å². The van der Waals surface area contributed by atoms with Crippen molar-refractivity contribution in [2.24, 2.45) is 7.05 Å². The third-order valence-electron chi connectivity index (χ3n) is 4.64. The first-order valence-electron chi connectivity index (χ1n) is 8.66. The van der Waals surface area contributed by atoms with E-state index in [1.54, 1.807) is 61.2 Å². The number of nitrogens with zero attached hydrogens (tertiary/aromatic N) is 3. The summed E-state index contributed by atoms with van der Waals surface area (Å²) >= 11 is 6.05. The van der Waals surface area contributed by atoms with Crippen LogP contribution in [0.25, 0.3) is 22.2 Å². The van der Waals surface area contributed by atoms with Crippen LogP contribution >= 0.6 is 11.6 Å². The highest BCUT2D eigenvalue weighted by molar-refractivity contribution is 6.31. The van der Waals surface area contributed by atoms with Crippen LogP contribution in [0.3, 0.4) is 0 Å².